The van der Waals surface area contributed by atoms with Crippen LogP contribution >= 0.6 is 47.1 Å². The zero-order valence-corrected chi connectivity index (χ0v) is 20.8. The third kappa shape index (κ3) is 9.33. The van der Waals surface area contributed by atoms with Crippen molar-refractivity contribution in [1.82, 2.24) is 14.9 Å². The summed E-state index contributed by atoms with van der Waals surface area (Å²) < 4.78 is 26.4. The minimum absolute atomic E-state index is 0. The van der Waals surface area contributed by atoms with Crippen molar-refractivity contribution in [3.8, 4) is 0 Å². The summed E-state index contributed by atoms with van der Waals surface area (Å²) in [5.74, 6) is 3.01. The van der Waals surface area contributed by atoms with Crippen molar-refractivity contribution in [2.75, 3.05) is 50.0 Å². The molecule has 0 spiro atoms. The maximum Gasteiger partial charge on any atom is 0.215 e. The van der Waals surface area contributed by atoms with Crippen molar-refractivity contribution in [3.63, 3.8) is 0 Å². The quantitative estimate of drug-likeness (QED) is 0.283. The van der Waals surface area contributed by atoms with Crippen LogP contribution in [0.4, 0.5) is 0 Å². The van der Waals surface area contributed by atoms with E-state index in [4.69, 9.17) is 0 Å². The van der Waals surface area contributed by atoms with E-state index in [9.17, 15) is 8.42 Å². The van der Waals surface area contributed by atoms with Crippen molar-refractivity contribution in [3.05, 3.63) is 22.4 Å². The Labute approximate surface area is 189 Å². The van der Waals surface area contributed by atoms with Crippen LogP contribution in [-0.2, 0) is 16.4 Å². The Morgan fingerprint density at radius 3 is 2.70 bits per heavy atom. The van der Waals surface area contributed by atoms with Gasteiger partial charge in [0.15, 0.2) is 5.96 Å². The lowest BCUT2D eigenvalue weighted by atomic mass is 10.1. The lowest BCUT2D eigenvalue weighted by Gasteiger charge is -2.25. The predicted molar refractivity (Wildman–Crippen MR) is 129 cm³/mol. The van der Waals surface area contributed by atoms with Gasteiger partial charge < -0.3 is 10.6 Å². The average Bonchev–Trinajstić information content (AvgIpc) is 3.13. The van der Waals surface area contributed by atoms with Crippen LogP contribution in [0.2, 0.25) is 0 Å². The molecule has 1 aromatic heterocycles. The monoisotopic (exact) mass is 546 g/mol. The Balaban J connectivity index is 0.00000364. The number of sulfonamides is 1. The van der Waals surface area contributed by atoms with E-state index >= 15 is 0 Å². The summed E-state index contributed by atoms with van der Waals surface area (Å²) in [5.41, 5.74) is 0. The van der Waals surface area contributed by atoms with Gasteiger partial charge in [-0.05, 0) is 30.7 Å². The Bertz CT molecular complexity index is 647. The molecular formula is C17H31IN4O2S3. The molecule has 2 N–H and O–H groups in total. The molecule has 1 aliphatic rings. The van der Waals surface area contributed by atoms with E-state index in [2.05, 4.69) is 40.1 Å². The Hall–Kier alpha value is -0.0400. The van der Waals surface area contributed by atoms with Crippen LogP contribution in [0, 0.1) is 5.92 Å². The molecule has 0 aromatic carbocycles. The van der Waals surface area contributed by atoms with E-state index in [1.54, 1.807) is 15.6 Å². The van der Waals surface area contributed by atoms with Gasteiger partial charge in [-0.1, -0.05) is 13.0 Å². The first-order valence-corrected chi connectivity index (χ1v) is 12.8. The second-order valence-corrected chi connectivity index (χ2v) is 10.7. The van der Waals surface area contributed by atoms with Crippen molar-refractivity contribution in [2.45, 2.75) is 20.3 Å². The highest BCUT2D eigenvalue weighted by atomic mass is 127. The van der Waals surface area contributed by atoms with Crippen LogP contribution in [0.25, 0.3) is 0 Å². The molecule has 6 nitrogen and oxygen atoms in total. The second-order valence-electron chi connectivity index (χ2n) is 6.36. The molecule has 0 bridgehead atoms. The first kappa shape index (κ1) is 25.0. The molecule has 0 radical (unpaired) electrons. The number of hydrogen-bond acceptors (Lipinski definition) is 5. The molecule has 1 unspecified atom stereocenters. The number of halogens is 1. The highest BCUT2D eigenvalue weighted by Crippen LogP contribution is 2.15. The highest BCUT2D eigenvalue weighted by Gasteiger charge is 2.23. The minimum Gasteiger partial charge on any atom is -0.357 e. The molecule has 1 atom stereocenters. The van der Waals surface area contributed by atoms with E-state index in [-0.39, 0.29) is 29.7 Å². The first-order chi connectivity index (χ1) is 12.5. The molecule has 2 rings (SSSR count). The van der Waals surface area contributed by atoms with Gasteiger partial charge in [0.2, 0.25) is 10.0 Å². The SMILES string of the molecule is CCNC(=NCC(C)Cc1cccs1)NCCS(=O)(=O)N1CCSCC1.I. The van der Waals surface area contributed by atoms with E-state index < -0.39 is 10.0 Å². The van der Waals surface area contributed by atoms with Gasteiger partial charge in [0.05, 0.1) is 5.75 Å². The lowest BCUT2D eigenvalue weighted by Crippen LogP contribution is -2.44. The zero-order chi connectivity index (χ0) is 18.8. The summed E-state index contributed by atoms with van der Waals surface area (Å²) in [6.07, 6.45) is 1.02. The summed E-state index contributed by atoms with van der Waals surface area (Å²) in [7, 11) is -3.18. The number of aliphatic imine (C=N–C) groups is 1. The Kier molecular flexibility index (Phi) is 12.3. The molecule has 1 aliphatic heterocycles. The fourth-order valence-electron chi connectivity index (χ4n) is 2.68. The Morgan fingerprint density at radius 2 is 2.07 bits per heavy atom. The number of thioether (sulfide) groups is 1. The standard InChI is InChI=1S/C17H30N4O2S3.HI/c1-3-18-17(20-14-15(2)13-16-5-4-9-25-16)19-6-12-26(22,23)21-7-10-24-11-8-21;/h4-5,9,15H,3,6-8,10-14H2,1-2H3,(H2,18,19,20);1H. The number of rotatable bonds is 9. The summed E-state index contributed by atoms with van der Waals surface area (Å²) >= 11 is 3.58. The highest BCUT2D eigenvalue weighted by molar-refractivity contribution is 14.0. The van der Waals surface area contributed by atoms with Gasteiger partial charge in [-0.15, -0.1) is 35.3 Å². The van der Waals surface area contributed by atoms with Gasteiger partial charge in [-0.25, -0.2) is 12.7 Å². The zero-order valence-electron chi connectivity index (χ0n) is 16.0. The molecule has 27 heavy (non-hydrogen) atoms. The molecular weight excluding hydrogens is 515 g/mol. The van der Waals surface area contributed by atoms with Gasteiger partial charge in [0.25, 0.3) is 0 Å². The number of guanidine groups is 1. The van der Waals surface area contributed by atoms with Crippen LogP contribution < -0.4 is 10.6 Å². The number of nitrogens with zero attached hydrogens (tertiary/aromatic N) is 2. The second kappa shape index (κ2) is 13.2. The molecule has 0 saturated carbocycles. The lowest BCUT2D eigenvalue weighted by molar-refractivity contribution is 0.443. The van der Waals surface area contributed by atoms with Crippen LogP contribution in [-0.4, -0.2) is 68.7 Å². The third-order valence-electron chi connectivity index (χ3n) is 4.05. The minimum atomic E-state index is -3.18. The van der Waals surface area contributed by atoms with Gasteiger partial charge in [-0.2, -0.15) is 11.8 Å². The summed E-state index contributed by atoms with van der Waals surface area (Å²) in [6.45, 7) is 7.28. The number of thiophene rings is 1. The average molecular weight is 547 g/mol. The molecule has 1 saturated heterocycles. The van der Waals surface area contributed by atoms with E-state index in [0.29, 0.717) is 38.1 Å². The summed E-state index contributed by atoms with van der Waals surface area (Å²) in [5, 5.41) is 8.45. The third-order valence-corrected chi connectivity index (χ3v) is 7.76. The van der Waals surface area contributed by atoms with Crippen molar-refractivity contribution >= 4 is 63.1 Å². The fraction of sp³-hybridized carbons (Fsp3) is 0.706. The van der Waals surface area contributed by atoms with Gasteiger partial charge in [-0.3, -0.25) is 4.99 Å². The number of hydrogen-bond donors (Lipinski definition) is 2. The van der Waals surface area contributed by atoms with Gasteiger partial charge in [0.1, 0.15) is 0 Å². The van der Waals surface area contributed by atoms with Crippen LogP contribution in [0.5, 0.6) is 0 Å². The first-order valence-electron chi connectivity index (χ1n) is 9.11. The topological polar surface area (TPSA) is 73.8 Å². The molecule has 10 heteroatoms. The predicted octanol–water partition coefficient (Wildman–Crippen LogP) is 2.48. The summed E-state index contributed by atoms with van der Waals surface area (Å²) in [4.78, 5) is 5.99. The maximum absolute atomic E-state index is 12.4. The van der Waals surface area contributed by atoms with E-state index in [1.807, 2.05) is 18.7 Å². The molecule has 156 valence electrons. The van der Waals surface area contributed by atoms with Crippen molar-refractivity contribution in [1.29, 1.82) is 0 Å². The molecule has 0 aliphatic carbocycles. The van der Waals surface area contributed by atoms with E-state index in [0.717, 1.165) is 24.5 Å². The van der Waals surface area contributed by atoms with Gasteiger partial charge >= 0.3 is 0 Å². The molecule has 0 amide bonds. The summed E-state index contributed by atoms with van der Waals surface area (Å²) in [6, 6.07) is 4.22. The van der Waals surface area contributed by atoms with Crippen LogP contribution in [0.15, 0.2) is 22.5 Å². The number of nitrogens with one attached hydrogen (secondary N) is 2. The van der Waals surface area contributed by atoms with Crippen molar-refractivity contribution < 1.29 is 8.42 Å². The fourth-order valence-corrected chi connectivity index (χ4v) is 6.04. The van der Waals surface area contributed by atoms with Crippen LogP contribution in [0.1, 0.15) is 18.7 Å². The normalized spacial score (nSPS) is 17.2. The van der Waals surface area contributed by atoms with Gasteiger partial charge in [0, 0.05) is 49.1 Å². The smallest absolute Gasteiger partial charge is 0.215 e. The Morgan fingerprint density at radius 1 is 1.33 bits per heavy atom. The molecule has 2 heterocycles. The maximum atomic E-state index is 12.4. The molecule has 1 fully saturated rings. The van der Waals surface area contributed by atoms with E-state index in [1.165, 1.54) is 4.88 Å². The largest absolute Gasteiger partial charge is 0.357 e. The molecule has 1 aromatic rings. The van der Waals surface area contributed by atoms with Crippen molar-refractivity contribution in [2.24, 2.45) is 10.9 Å². The van der Waals surface area contributed by atoms with Crippen LogP contribution in [0.3, 0.4) is 0 Å².